The van der Waals surface area contributed by atoms with Crippen LogP contribution < -0.4 is 10.7 Å². The van der Waals surface area contributed by atoms with E-state index in [4.69, 9.17) is 0 Å². The van der Waals surface area contributed by atoms with Crippen LogP contribution in [-0.4, -0.2) is 17.4 Å². The second-order valence-corrected chi connectivity index (χ2v) is 4.40. The summed E-state index contributed by atoms with van der Waals surface area (Å²) < 4.78 is 0. The van der Waals surface area contributed by atoms with E-state index in [-0.39, 0.29) is 16.9 Å². The number of hydrogen-bond acceptors (Lipinski definition) is 2. The van der Waals surface area contributed by atoms with Crippen molar-refractivity contribution in [1.29, 1.82) is 0 Å². The van der Waals surface area contributed by atoms with Crippen LogP contribution in [0.3, 0.4) is 0 Å². The zero-order valence-corrected chi connectivity index (χ0v) is 9.38. The molecule has 0 saturated heterocycles. The highest BCUT2D eigenvalue weighted by Crippen LogP contribution is 2.25. The Morgan fingerprint density at radius 3 is 2.88 bits per heavy atom. The van der Waals surface area contributed by atoms with Gasteiger partial charge in [0.05, 0.1) is 0 Å². The summed E-state index contributed by atoms with van der Waals surface area (Å²) in [5.74, 6) is 0.335. The lowest BCUT2D eigenvalue weighted by Crippen LogP contribution is -2.34. The summed E-state index contributed by atoms with van der Waals surface area (Å²) in [6.45, 7) is 2.48. The molecule has 0 radical (unpaired) electrons. The first-order valence-corrected chi connectivity index (χ1v) is 5.64. The summed E-state index contributed by atoms with van der Waals surface area (Å²) >= 11 is 0. The zero-order valence-electron chi connectivity index (χ0n) is 9.38. The van der Waals surface area contributed by atoms with E-state index in [1.807, 2.05) is 0 Å². The maximum atomic E-state index is 11.7. The van der Waals surface area contributed by atoms with E-state index >= 15 is 0 Å². The molecule has 1 heterocycles. The lowest BCUT2D eigenvalue weighted by molar-refractivity contribution is 0.0937. The van der Waals surface area contributed by atoms with E-state index in [2.05, 4.69) is 10.3 Å². The van der Waals surface area contributed by atoms with Gasteiger partial charge in [-0.2, -0.15) is 0 Å². The van der Waals surface area contributed by atoms with Crippen LogP contribution >= 0.6 is 0 Å². The molecule has 1 aliphatic rings. The molecule has 1 fully saturated rings. The Kier molecular flexibility index (Phi) is 3.08. The number of nitrogens with one attached hydrogen (secondary N) is 2. The van der Waals surface area contributed by atoms with E-state index in [9.17, 15) is 9.59 Å². The normalized spacial score (nSPS) is 15.6. The van der Waals surface area contributed by atoms with Crippen molar-refractivity contribution < 1.29 is 4.79 Å². The minimum absolute atomic E-state index is 0.199. The van der Waals surface area contributed by atoms with Crippen LogP contribution in [0.4, 0.5) is 0 Å². The van der Waals surface area contributed by atoms with E-state index in [1.54, 1.807) is 6.92 Å². The molecule has 1 aliphatic carbocycles. The molecule has 1 aromatic rings. The Hall–Kier alpha value is -1.58. The molecule has 4 nitrogen and oxygen atoms in total. The summed E-state index contributed by atoms with van der Waals surface area (Å²) in [6.07, 6.45) is 5.11. The van der Waals surface area contributed by atoms with Gasteiger partial charge in [0.2, 0.25) is 0 Å². The molecule has 16 heavy (non-hydrogen) atoms. The standard InChI is InChI=1S/C12H16N2O2/c1-8-5-11(15)10(7-13-8)12(16)14-6-9-3-2-4-9/h5,7,9H,2-4,6H2,1H3,(H,13,15)(H,14,16). The van der Waals surface area contributed by atoms with Gasteiger partial charge in [-0.1, -0.05) is 6.42 Å². The highest BCUT2D eigenvalue weighted by molar-refractivity contribution is 5.93. The van der Waals surface area contributed by atoms with Gasteiger partial charge < -0.3 is 10.3 Å². The number of carbonyl (C=O) groups excluding carboxylic acids is 1. The van der Waals surface area contributed by atoms with E-state index in [0.717, 1.165) is 5.69 Å². The summed E-state index contributed by atoms with van der Waals surface area (Å²) in [5.41, 5.74) is 0.743. The summed E-state index contributed by atoms with van der Waals surface area (Å²) in [6, 6.07) is 1.44. The first kappa shape index (κ1) is 10.9. The summed E-state index contributed by atoms with van der Waals surface area (Å²) in [7, 11) is 0. The van der Waals surface area contributed by atoms with Gasteiger partial charge in [-0.25, -0.2) is 0 Å². The molecule has 2 rings (SSSR count). The van der Waals surface area contributed by atoms with Gasteiger partial charge in [-0.3, -0.25) is 9.59 Å². The minimum atomic E-state index is -0.270. The van der Waals surface area contributed by atoms with Crippen LogP contribution in [0.15, 0.2) is 17.1 Å². The van der Waals surface area contributed by atoms with E-state index in [1.165, 1.54) is 31.5 Å². The average Bonchev–Trinajstić information content (AvgIpc) is 2.14. The number of H-pyrrole nitrogens is 1. The fraction of sp³-hybridized carbons (Fsp3) is 0.500. The highest BCUT2D eigenvalue weighted by atomic mass is 16.2. The number of aromatic amines is 1. The smallest absolute Gasteiger partial charge is 0.256 e. The Morgan fingerprint density at radius 2 is 2.31 bits per heavy atom. The van der Waals surface area contributed by atoms with Gasteiger partial charge in [-0.15, -0.1) is 0 Å². The number of amides is 1. The molecule has 0 bridgehead atoms. The molecular formula is C12H16N2O2. The highest BCUT2D eigenvalue weighted by Gasteiger charge is 2.18. The number of aromatic nitrogens is 1. The largest absolute Gasteiger partial charge is 0.364 e. The van der Waals surface area contributed by atoms with Crippen LogP contribution in [0, 0.1) is 12.8 Å². The predicted molar refractivity (Wildman–Crippen MR) is 61.5 cm³/mol. The summed E-state index contributed by atoms with van der Waals surface area (Å²) in [5, 5.41) is 2.80. The number of carbonyl (C=O) groups is 1. The minimum Gasteiger partial charge on any atom is -0.364 e. The molecule has 0 aliphatic heterocycles. The molecule has 0 aromatic carbocycles. The third-order valence-corrected chi connectivity index (χ3v) is 3.08. The Balaban J connectivity index is 1.99. The quantitative estimate of drug-likeness (QED) is 0.804. The monoisotopic (exact) mass is 220 g/mol. The third kappa shape index (κ3) is 2.32. The van der Waals surface area contributed by atoms with Crippen molar-refractivity contribution in [3.63, 3.8) is 0 Å². The first-order chi connectivity index (χ1) is 7.66. The average molecular weight is 220 g/mol. The van der Waals surface area contributed by atoms with Gasteiger partial charge in [0.25, 0.3) is 5.91 Å². The van der Waals surface area contributed by atoms with Crippen molar-refractivity contribution in [2.24, 2.45) is 5.92 Å². The maximum absolute atomic E-state index is 11.7. The van der Waals surface area contributed by atoms with Gasteiger partial charge in [0, 0.05) is 24.5 Å². The van der Waals surface area contributed by atoms with Crippen LogP contribution in [-0.2, 0) is 0 Å². The molecular weight excluding hydrogens is 204 g/mol. The molecule has 0 atom stereocenters. The zero-order chi connectivity index (χ0) is 11.5. The summed E-state index contributed by atoms with van der Waals surface area (Å²) in [4.78, 5) is 26.1. The van der Waals surface area contributed by atoms with Crippen molar-refractivity contribution in [3.8, 4) is 0 Å². The SMILES string of the molecule is Cc1cc(=O)c(C(=O)NCC2CCC2)c[nH]1. The van der Waals surface area contributed by atoms with Crippen LogP contribution in [0.25, 0.3) is 0 Å². The molecule has 1 saturated carbocycles. The van der Waals surface area contributed by atoms with E-state index < -0.39 is 0 Å². The number of rotatable bonds is 3. The fourth-order valence-electron chi connectivity index (χ4n) is 1.78. The van der Waals surface area contributed by atoms with Gasteiger partial charge >= 0.3 is 0 Å². The molecule has 86 valence electrons. The van der Waals surface area contributed by atoms with Crippen molar-refractivity contribution in [2.75, 3.05) is 6.54 Å². The van der Waals surface area contributed by atoms with Gasteiger partial charge in [-0.05, 0) is 25.7 Å². The molecule has 1 amide bonds. The van der Waals surface area contributed by atoms with Crippen molar-refractivity contribution in [3.05, 3.63) is 33.7 Å². The fourth-order valence-corrected chi connectivity index (χ4v) is 1.78. The second-order valence-electron chi connectivity index (χ2n) is 4.40. The van der Waals surface area contributed by atoms with Crippen LogP contribution in [0.1, 0.15) is 35.3 Å². The topological polar surface area (TPSA) is 62.0 Å². The molecule has 2 N–H and O–H groups in total. The van der Waals surface area contributed by atoms with E-state index in [0.29, 0.717) is 12.5 Å². The molecule has 0 unspecified atom stereocenters. The van der Waals surface area contributed by atoms with Crippen LogP contribution in [0.2, 0.25) is 0 Å². The third-order valence-electron chi connectivity index (χ3n) is 3.08. The lowest BCUT2D eigenvalue weighted by Gasteiger charge is -2.25. The molecule has 0 spiro atoms. The van der Waals surface area contributed by atoms with Gasteiger partial charge in [0.15, 0.2) is 5.43 Å². The van der Waals surface area contributed by atoms with Crippen molar-refractivity contribution >= 4 is 5.91 Å². The Labute approximate surface area is 94.1 Å². The second kappa shape index (κ2) is 4.51. The maximum Gasteiger partial charge on any atom is 0.256 e. The lowest BCUT2D eigenvalue weighted by atomic mass is 9.85. The van der Waals surface area contributed by atoms with Crippen molar-refractivity contribution in [2.45, 2.75) is 26.2 Å². The molecule has 4 heteroatoms. The van der Waals surface area contributed by atoms with Gasteiger partial charge in [0.1, 0.15) is 5.56 Å². The first-order valence-electron chi connectivity index (χ1n) is 5.64. The van der Waals surface area contributed by atoms with Crippen LogP contribution in [0.5, 0.6) is 0 Å². The predicted octanol–water partition coefficient (Wildman–Crippen LogP) is 1.21. The number of pyridine rings is 1. The van der Waals surface area contributed by atoms with Crippen molar-refractivity contribution in [1.82, 2.24) is 10.3 Å². The Morgan fingerprint density at radius 1 is 1.56 bits per heavy atom. The number of hydrogen-bond donors (Lipinski definition) is 2. The Bertz CT molecular complexity index is 447. The molecule has 1 aromatic heterocycles. The number of aryl methyl sites for hydroxylation is 1.